The quantitative estimate of drug-likeness (QED) is 0.697. The third-order valence-corrected chi connectivity index (χ3v) is 3.84. The molecule has 0 unspecified atom stereocenters. The average Bonchev–Trinajstić information content (AvgIpc) is 2.38. The molecule has 0 aliphatic rings. The molecular weight excluding hydrogens is 248 g/mol. The maximum absolute atomic E-state index is 5.85. The van der Waals surface area contributed by atoms with Crippen LogP contribution in [0.5, 0.6) is 0 Å². The van der Waals surface area contributed by atoms with E-state index in [1.165, 1.54) is 11.1 Å². The Kier molecular flexibility index (Phi) is 4.96. The van der Waals surface area contributed by atoms with Crippen molar-refractivity contribution in [3.8, 4) is 0 Å². The fraction of sp³-hybridized carbons (Fsp3) is 0.200. The van der Waals surface area contributed by atoms with Crippen LogP contribution in [0.15, 0.2) is 54.6 Å². The fourth-order valence-corrected chi connectivity index (χ4v) is 2.68. The van der Waals surface area contributed by atoms with Gasteiger partial charge in [-0.3, -0.25) is 0 Å². The molecular formula is C15H15ClS. The van der Waals surface area contributed by atoms with Gasteiger partial charge >= 0.3 is 0 Å². The van der Waals surface area contributed by atoms with Crippen LogP contribution in [0, 0.1) is 0 Å². The Bertz CT molecular complexity index is 436. The first kappa shape index (κ1) is 12.5. The van der Waals surface area contributed by atoms with E-state index in [1.54, 1.807) is 0 Å². The Morgan fingerprint density at radius 2 is 1.53 bits per heavy atom. The zero-order chi connectivity index (χ0) is 11.9. The predicted molar refractivity (Wildman–Crippen MR) is 77.8 cm³/mol. The van der Waals surface area contributed by atoms with E-state index < -0.39 is 0 Å². The highest BCUT2D eigenvalue weighted by molar-refractivity contribution is 7.98. The van der Waals surface area contributed by atoms with Crippen molar-refractivity contribution in [1.82, 2.24) is 0 Å². The minimum absolute atomic E-state index is 0.808. The van der Waals surface area contributed by atoms with E-state index in [0.717, 1.165) is 22.9 Å². The molecule has 2 heteroatoms. The smallest absolute Gasteiger partial charge is 0.0406 e. The molecule has 2 aromatic rings. The molecule has 0 bridgehead atoms. The minimum Gasteiger partial charge on any atom is -0.157 e. The van der Waals surface area contributed by atoms with Crippen molar-refractivity contribution in [2.75, 3.05) is 5.75 Å². The molecule has 0 spiro atoms. The molecule has 0 heterocycles. The normalized spacial score (nSPS) is 10.4. The molecule has 0 N–H and O–H groups in total. The molecule has 17 heavy (non-hydrogen) atoms. The molecule has 88 valence electrons. The highest BCUT2D eigenvalue weighted by Crippen LogP contribution is 2.16. The lowest BCUT2D eigenvalue weighted by Crippen LogP contribution is -1.89. The second-order valence-corrected chi connectivity index (χ2v) is 5.46. The number of hydrogen-bond donors (Lipinski definition) is 0. The van der Waals surface area contributed by atoms with Gasteiger partial charge in [0.2, 0.25) is 0 Å². The molecule has 0 nitrogen and oxygen atoms in total. The third kappa shape index (κ3) is 4.45. The van der Waals surface area contributed by atoms with Crippen molar-refractivity contribution in [3.63, 3.8) is 0 Å². The number of benzene rings is 2. The van der Waals surface area contributed by atoms with Gasteiger partial charge in [-0.2, -0.15) is 11.8 Å². The summed E-state index contributed by atoms with van der Waals surface area (Å²) in [6.45, 7) is 0. The zero-order valence-electron chi connectivity index (χ0n) is 9.60. The number of aryl methyl sites for hydroxylation is 1. The largest absolute Gasteiger partial charge is 0.157 e. The third-order valence-electron chi connectivity index (χ3n) is 2.56. The van der Waals surface area contributed by atoms with Crippen molar-refractivity contribution in [1.29, 1.82) is 0 Å². The van der Waals surface area contributed by atoms with E-state index in [9.17, 15) is 0 Å². The summed E-state index contributed by atoms with van der Waals surface area (Å²) in [5, 5.41) is 0.808. The summed E-state index contributed by atoms with van der Waals surface area (Å²) in [4.78, 5) is 0. The fourth-order valence-electron chi connectivity index (χ4n) is 1.61. The van der Waals surface area contributed by atoms with Crippen molar-refractivity contribution in [3.05, 3.63) is 70.7 Å². The molecule has 0 atom stereocenters. The Hall–Kier alpha value is -0.920. The Labute approximate surface area is 112 Å². The monoisotopic (exact) mass is 262 g/mol. The van der Waals surface area contributed by atoms with Crippen LogP contribution in [0.25, 0.3) is 0 Å². The lowest BCUT2D eigenvalue weighted by molar-refractivity contribution is 1.15. The maximum atomic E-state index is 5.85. The second kappa shape index (κ2) is 6.73. The molecule has 0 aromatic heterocycles. The number of halogens is 1. The van der Waals surface area contributed by atoms with Crippen LogP contribution >= 0.6 is 23.4 Å². The second-order valence-electron chi connectivity index (χ2n) is 3.91. The molecule has 0 saturated carbocycles. The topological polar surface area (TPSA) is 0 Å². The highest BCUT2D eigenvalue weighted by atomic mass is 35.5. The summed E-state index contributed by atoms with van der Waals surface area (Å²) < 4.78 is 0. The minimum atomic E-state index is 0.808. The van der Waals surface area contributed by atoms with Gasteiger partial charge in [0, 0.05) is 10.8 Å². The van der Waals surface area contributed by atoms with E-state index >= 15 is 0 Å². The molecule has 2 rings (SSSR count). The summed E-state index contributed by atoms with van der Waals surface area (Å²) in [6.07, 6.45) is 1.14. The molecule has 0 fully saturated rings. The summed E-state index contributed by atoms with van der Waals surface area (Å²) in [5.41, 5.74) is 2.75. The lowest BCUT2D eigenvalue weighted by Gasteiger charge is -2.02. The molecule has 0 aliphatic carbocycles. The van der Waals surface area contributed by atoms with Crippen LogP contribution < -0.4 is 0 Å². The van der Waals surface area contributed by atoms with Crippen LogP contribution in [0.1, 0.15) is 11.1 Å². The van der Waals surface area contributed by atoms with E-state index in [-0.39, 0.29) is 0 Å². The van der Waals surface area contributed by atoms with E-state index in [1.807, 2.05) is 23.9 Å². The molecule has 0 saturated heterocycles. The van der Waals surface area contributed by atoms with E-state index in [0.29, 0.717) is 0 Å². The molecule has 0 radical (unpaired) electrons. The summed E-state index contributed by atoms with van der Waals surface area (Å²) in [7, 11) is 0. The van der Waals surface area contributed by atoms with Gasteiger partial charge in [0.25, 0.3) is 0 Å². The van der Waals surface area contributed by atoms with Gasteiger partial charge in [0.15, 0.2) is 0 Å². The van der Waals surface area contributed by atoms with Crippen LogP contribution in [0.3, 0.4) is 0 Å². The average molecular weight is 263 g/mol. The van der Waals surface area contributed by atoms with Crippen molar-refractivity contribution >= 4 is 23.4 Å². The van der Waals surface area contributed by atoms with Crippen LogP contribution in [-0.4, -0.2) is 5.75 Å². The Morgan fingerprint density at radius 1 is 0.824 bits per heavy atom. The van der Waals surface area contributed by atoms with Gasteiger partial charge in [0.05, 0.1) is 0 Å². The number of rotatable bonds is 5. The maximum Gasteiger partial charge on any atom is 0.0406 e. The standard InChI is InChI=1S/C15H15ClS/c16-15-8-6-14(7-9-15)12-17-11-10-13-4-2-1-3-5-13/h1-9H,10-12H2. The highest BCUT2D eigenvalue weighted by Gasteiger charge is 1.95. The van der Waals surface area contributed by atoms with Gasteiger partial charge < -0.3 is 0 Å². The first-order chi connectivity index (χ1) is 8.34. The SMILES string of the molecule is Clc1ccc(CSCCc2ccccc2)cc1. The lowest BCUT2D eigenvalue weighted by atomic mass is 10.2. The van der Waals surface area contributed by atoms with Crippen LogP contribution in [0.2, 0.25) is 5.02 Å². The van der Waals surface area contributed by atoms with Gasteiger partial charge in [-0.15, -0.1) is 0 Å². The van der Waals surface area contributed by atoms with Gasteiger partial charge in [-0.25, -0.2) is 0 Å². The summed E-state index contributed by atoms with van der Waals surface area (Å²) >= 11 is 7.81. The van der Waals surface area contributed by atoms with Crippen molar-refractivity contribution in [2.45, 2.75) is 12.2 Å². The number of thioether (sulfide) groups is 1. The Morgan fingerprint density at radius 3 is 2.24 bits per heavy atom. The predicted octanol–water partition coefficient (Wildman–Crippen LogP) is 4.82. The zero-order valence-corrected chi connectivity index (χ0v) is 11.2. The van der Waals surface area contributed by atoms with E-state index in [2.05, 4.69) is 42.5 Å². The van der Waals surface area contributed by atoms with Crippen LogP contribution in [-0.2, 0) is 12.2 Å². The molecule has 2 aromatic carbocycles. The van der Waals surface area contributed by atoms with Crippen molar-refractivity contribution in [2.24, 2.45) is 0 Å². The first-order valence-electron chi connectivity index (χ1n) is 5.71. The molecule has 0 amide bonds. The summed E-state index contributed by atoms with van der Waals surface area (Å²) in [6, 6.07) is 18.7. The van der Waals surface area contributed by atoms with Crippen LogP contribution in [0.4, 0.5) is 0 Å². The van der Waals surface area contributed by atoms with Gasteiger partial charge in [-0.1, -0.05) is 54.1 Å². The van der Waals surface area contributed by atoms with E-state index in [4.69, 9.17) is 11.6 Å². The summed E-state index contributed by atoms with van der Waals surface area (Å²) in [5.74, 6) is 2.22. The van der Waals surface area contributed by atoms with Crippen molar-refractivity contribution < 1.29 is 0 Å². The van der Waals surface area contributed by atoms with Gasteiger partial charge in [-0.05, 0) is 35.4 Å². The molecule has 0 aliphatic heterocycles. The first-order valence-corrected chi connectivity index (χ1v) is 7.24. The Balaban J connectivity index is 1.71. The van der Waals surface area contributed by atoms with Gasteiger partial charge in [0.1, 0.15) is 0 Å². The number of hydrogen-bond acceptors (Lipinski definition) is 1.